The number of carbonyl (C=O) groups is 1. The lowest BCUT2D eigenvalue weighted by Crippen LogP contribution is -2.50. The van der Waals surface area contributed by atoms with Crippen LogP contribution in [0.5, 0.6) is 0 Å². The van der Waals surface area contributed by atoms with E-state index in [1.54, 1.807) is 0 Å². The first-order valence-corrected chi connectivity index (χ1v) is 11.9. The largest absolute Gasteiger partial charge is 0.351 e. The molecule has 0 aromatic carbocycles. The number of primary amides is 1. The molecule has 3 nitrogen and oxygen atoms in total. The van der Waals surface area contributed by atoms with E-state index in [9.17, 15) is 4.79 Å². The van der Waals surface area contributed by atoms with Gasteiger partial charge in [0.25, 0.3) is 0 Å². The second-order valence-electron chi connectivity index (χ2n) is 8.01. The van der Waals surface area contributed by atoms with E-state index in [4.69, 9.17) is 5.73 Å². The minimum atomic E-state index is -1.13. The van der Waals surface area contributed by atoms with Crippen molar-refractivity contribution in [1.29, 1.82) is 0 Å². The fraction of sp³-hybridized carbons (Fsp3) is 0.947. The predicted molar refractivity (Wildman–Crippen MR) is 101 cm³/mol. The van der Waals surface area contributed by atoms with E-state index >= 15 is 0 Å². The van der Waals surface area contributed by atoms with Crippen LogP contribution in [0.4, 0.5) is 4.79 Å². The highest BCUT2D eigenvalue weighted by molar-refractivity contribution is 8.34. The Morgan fingerprint density at radius 1 is 0.652 bits per heavy atom. The Hall–Kier alpha value is -0.380. The average Bonchev–Trinajstić information content (AvgIpc) is 2.62. The first-order chi connectivity index (χ1) is 11.2. The summed E-state index contributed by atoms with van der Waals surface area (Å²) in [5.41, 5.74) is 5.77. The Morgan fingerprint density at radius 3 is 1.22 bits per heavy atom. The molecule has 0 radical (unpaired) electrons. The number of urea groups is 1. The molecule has 0 spiro atoms. The van der Waals surface area contributed by atoms with Crippen molar-refractivity contribution >= 4 is 16.2 Å². The maximum Gasteiger partial charge on any atom is 0.320 e. The van der Waals surface area contributed by atoms with Crippen LogP contribution in [-0.4, -0.2) is 21.8 Å². The van der Waals surface area contributed by atoms with Crippen molar-refractivity contribution < 1.29 is 4.79 Å². The van der Waals surface area contributed by atoms with Crippen molar-refractivity contribution in [1.82, 2.24) is 4.72 Å². The fourth-order valence-electron chi connectivity index (χ4n) is 5.61. The lowest BCUT2D eigenvalue weighted by molar-refractivity contribution is 0.253. The molecule has 3 N–H and O–H groups in total. The third-order valence-corrected chi connectivity index (χ3v) is 11.9. The van der Waals surface area contributed by atoms with Crippen LogP contribution in [0, 0.1) is 0 Å². The molecule has 3 rings (SSSR count). The van der Waals surface area contributed by atoms with Crippen LogP contribution in [0.25, 0.3) is 0 Å². The van der Waals surface area contributed by atoms with Gasteiger partial charge in [0.2, 0.25) is 0 Å². The van der Waals surface area contributed by atoms with Gasteiger partial charge < -0.3 is 5.73 Å². The minimum Gasteiger partial charge on any atom is -0.351 e. The van der Waals surface area contributed by atoms with Crippen LogP contribution in [0.3, 0.4) is 0 Å². The number of hydrogen-bond donors (Lipinski definition) is 2. The van der Waals surface area contributed by atoms with Gasteiger partial charge >= 0.3 is 6.03 Å². The Labute approximate surface area is 144 Å². The fourth-order valence-corrected chi connectivity index (χ4v) is 11.4. The highest BCUT2D eigenvalue weighted by atomic mass is 32.3. The number of nitrogens with two attached hydrogens (primary N) is 1. The van der Waals surface area contributed by atoms with Gasteiger partial charge in [-0.05, 0) is 38.5 Å². The van der Waals surface area contributed by atoms with Crippen LogP contribution in [0.1, 0.15) is 96.3 Å². The van der Waals surface area contributed by atoms with E-state index in [0.717, 1.165) is 15.7 Å². The molecule has 23 heavy (non-hydrogen) atoms. The smallest absolute Gasteiger partial charge is 0.320 e. The Bertz CT molecular complexity index is 337. The standard InChI is InChI=1S/C19H36N2OS/c20-19(22)21-23(16-10-4-1-5-11-16,17-12-6-2-7-13-17)18-14-8-3-9-15-18/h16-18H,1-15H2,(H3,20,21,22). The maximum absolute atomic E-state index is 12.1. The summed E-state index contributed by atoms with van der Waals surface area (Å²) in [5, 5.41) is 2.24. The van der Waals surface area contributed by atoms with Crippen molar-refractivity contribution in [2.24, 2.45) is 5.73 Å². The van der Waals surface area contributed by atoms with E-state index < -0.39 is 10.2 Å². The summed E-state index contributed by atoms with van der Waals surface area (Å²) in [5.74, 6) is 0. The van der Waals surface area contributed by atoms with Gasteiger partial charge in [0.1, 0.15) is 0 Å². The van der Waals surface area contributed by atoms with E-state index in [1.165, 1.54) is 96.3 Å². The molecule has 0 aliphatic heterocycles. The molecule has 0 aromatic rings. The van der Waals surface area contributed by atoms with Crippen molar-refractivity contribution in [2.75, 3.05) is 0 Å². The van der Waals surface area contributed by atoms with Gasteiger partial charge in [0.15, 0.2) is 0 Å². The number of rotatable bonds is 4. The molecule has 0 bridgehead atoms. The summed E-state index contributed by atoms with van der Waals surface area (Å²) in [7, 11) is -1.13. The predicted octanol–water partition coefficient (Wildman–Crippen LogP) is 5.37. The molecular formula is C19H36N2OS. The highest BCUT2D eigenvalue weighted by Gasteiger charge is 2.47. The Kier molecular flexibility index (Phi) is 6.17. The van der Waals surface area contributed by atoms with Gasteiger partial charge in [0.05, 0.1) is 0 Å². The average molecular weight is 341 g/mol. The minimum absolute atomic E-state index is 0.235. The van der Waals surface area contributed by atoms with Gasteiger partial charge in [0, 0.05) is 15.7 Å². The molecule has 0 heterocycles. The van der Waals surface area contributed by atoms with Crippen LogP contribution >= 0.6 is 10.2 Å². The van der Waals surface area contributed by atoms with E-state index in [2.05, 4.69) is 4.72 Å². The topological polar surface area (TPSA) is 55.1 Å². The van der Waals surface area contributed by atoms with Crippen molar-refractivity contribution in [3.63, 3.8) is 0 Å². The molecule has 2 amide bonds. The van der Waals surface area contributed by atoms with Crippen molar-refractivity contribution in [3.8, 4) is 0 Å². The van der Waals surface area contributed by atoms with Gasteiger partial charge in [-0.2, -0.15) is 10.2 Å². The van der Waals surface area contributed by atoms with Gasteiger partial charge in [-0.15, -0.1) is 0 Å². The molecule has 3 aliphatic carbocycles. The highest BCUT2D eigenvalue weighted by Crippen LogP contribution is 2.66. The Morgan fingerprint density at radius 2 is 0.957 bits per heavy atom. The SMILES string of the molecule is NC(=O)NS(C1CCCCC1)(C1CCCCC1)C1CCCCC1. The summed E-state index contributed by atoms with van der Waals surface area (Å²) in [6.45, 7) is 0. The second-order valence-corrected chi connectivity index (χ2v) is 11.7. The second kappa shape index (κ2) is 8.13. The Balaban J connectivity index is 1.93. The summed E-state index contributed by atoms with van der Waals surface area (Å²) in [6.07, 6.45) is 20.3. The molecule has 0 aromatic heterocycles. The van der Waals surface area contributed by atoms with E-state index in [0.29, 0.717) is 0 Å². The lowest BCUT2D eigenvalue weighted by atomic mass is 9.99. The van der Waals surface area contributed by atoms with Crippen molar-refractivity contribution in [3.05, 3.63) is 0 Å². The molecule has 0 atom stereocenters. The molecular weight excluding hydrogens is 304 g/mol. The van der Waals surface area contributed by atoms with Crippen LogP contribution < -0.4 is 10.5 Å². The summed E-state index contributed by atoms with van der Waals surface area (Å²) >= 11 is 0. The number of carbonyl (C=O) groups excluding carboxylic acids is 1. The lowest BCUT2D eigenvalue weighted by Gasteiger charge is -2.59. The number of amides is 2. The van der Waals surface area contributed by atoms with E-state index in [1.807, 2.05) is 0 Å². The molecule has 0 unspecified atom stereocenters. The van der Waals surface area contributed by atoms with Gasteiger partial charge in [-0.1, -0.05) is 57.8 Å². The van der Waals surface area contributed by atoms with Gasteiger partial charge in [-0.25, -0.2) is 4.79 Å². The quantitative estimate of drug-likeness (QED) is 0.710. The first kappa shape index (κ1) is 17.4. The summed E-state index contributed by atoms with van der Waals surface area (Å²) in [4.78, 5) is 12.1. The first-order valence-electron chi connectivity index (χ1n) is 10.1. The zero-order valence-electron chi connectivity index (χ0n) is 14.7. The molecule has 3 fully saturated rings. The van der Waals surface area contributed by atoms with Crippen LogP contribution in [0.2, 0.25) is 0 Å². The molecule has 4 heteroatoms. The maximum atomic E-state index is 12.1. The molecule has 3 aliphatic rings. The third kappa shape index (κ3) is 3.83. The normalized spacial score (nSPS) is 26.8. The van der Waals surface area contributed by atoms with Crippen LogP contribution in [-0.2, 0) is 0 Å². The van der Waals surface area contributed by atoms with E-state index in [-0.39, 0.29) is 6.03 Å². The number of hydrogen-bond acceptors (Lipinski definition) is 1. The zero-order chi connectivity index (χ0) is 16.1. The van der Waals surface area contributed by atoms with Crippen molar-refractivity contribution in [2.45, 2.75) is 112 Å². The summed E-state index contributed by atoms with van der Waals surface area (Å²) < 4.78 is 3.52. The third-order valence-electron chi connectivity index (χ3n) is 6.59. The van der Waals surface area contributed by atoms with Crippen LogP contribution in [0.15, 0.2) is 0 Å². The molecule has 3 saturated carbocycles. The molecule has 134 valence electrons. The monoisotopic (exact) mass is 340 g/mol. The zero-order valence-corrected chi connectivity index (χ0v) is 15.5. The number of nitrogens with one attached hydrogen (secondary N) is 1. The molecule has 0 saturated heterocycles. The van der Waals surface area contributed by atoms with Gasteiger partial charge in [-0.3, -0.25) is 4.72 Å². The summed E-state index contributed by atoms with van der Waals surface area (Å²) in [6, 6.07) is -0.235.